The van der Waals surface area contributed by atoms with Crippen molar-refractivity contribution in [1.82, 2.24) is 0 Å². The molecule has 2 unspecified atom stereocenters. The number of hydrogen-bond donors (Lipinski definition) is 0. The Morgan fingerprint density at radius 2 is 1.79 bits per heavy atom. The monoisotopic (exact) mass is 394 g/mol. The molecule has 1 aliphatic carbocycles. The van der Waals surface area contributed by atoms with Crippen molar-refractivity contribution in [3.8, 4) is 0 Å². The highest BCUT2D eigenvalue weighted by Gasteiger charge is 2.30. The van der Waals surface area contributed by atoms with Gasteiger partial charge in [0.05, 0.1) is 18.1 Å². The molecule has 156 valence electrons. The zero-order valence-electron chi connectivity index (χ0n) is 18.0. The van der Waals surface area contributed by atoms with E-state index in [1.807, 2.05) is 19.9 Å². The second-order valence-corrected chi connectivity index (χ2v) is 8.69. The Hall–Kier alpha value is -2.13. The molecule has 0 N–H and O–H groups in total. The van der Waals surface area contributed by atoms with Crippen LogP contribution < -0.4 is 0 Å². The maximum absolute atomic E-state index is 12.5. The van der Waals surface area contributed by atoms with Crippen molar-refractivity contribution in [2.24, 2.45) is 5.41 Å². The van der Waals surface area contributed by atoms with Gasteiger partial charge in [0.1, 0.15) is 6.61 Å². The van der Waals surface area contributed by atoms with Gasteiger partial charge in [0.25, 0.3) is 0 Å². The number of ether oxygens (including phenoxy) is 2. The first kappa shape index (κ1) is 21.6. The summed E-state index contributed by atoms with van der Waals surface area (Å²) in [5.41, 5.74) is 3.56. The third-order valence-corrected chi connectivity index (χ3v) is 6.11. The van der Waals surface area contributed by atoms with Crippen molar-refractivity contribution in [1.29, 1.82) is 0 Å². The predicted molar refractivity (Wildman–Crippen MR) is 117 cm³/mol. The van der Waals surface area contributed by atoms with E-state index in [0.29, 0.717) is 19.1 Å². The van der Waals surface area contributed by atoms with E-state index in [2.05, 4.69) is 55.5 Å². The lowest BCUT2D eigenvalue weighted by molar-refractivity contribution is -0.156. The average molecular weight is 395 g/mol. The van der Waals surface area contributed by atoms with Crippen molar-refractivity contribution in [2.45, 2.75) is 64.9 Å². The summed E-state index contributed by atoms with van der Waals surface area (Å²) in [6.45, 7) is 6.98. The largest absolute Gasteiger partial charge is 0.463 e. The fourth-order valence-corrected chi connectivity index (χ4v) is 4.11. The third-order valence-electron chi connectivity index (χ3n) is 6.11. The van der Waals surface area contributed by atoms with E-state index < -0.39 is 5.41 Å². The van der Waals surface area contributed by atoms with Crippen LogP contribution in [0.25, 0.3) is 0 Å². The molecule has 3 nitrogen and oxygen atoms in total. The van der Waals surface area contributed by atoms with Gasteiger partial charge in [0.2, 0.25) is 0 Å². The maximum atomic E-state index is 12.5. The minimum Gasteiger partial charge on any atom is -0.463 e. The smallest absolute Gasteiger partial charge is 0.311 e. The number of hydrogen-bond acceptors (Lipinski definition) is 3. The molecule has 3 rings (SSSR count). The Bertz CT molecular complexity index is 782. The second-order valence-electron chi connectivity index (χ2n) is 8.69. The van der Waals surface area contributed by atoms with Gasteiger partial charge >= 0.3 is 5.97 Å². The van der Waals surface area contributed by atoms with E-state index >= 15 is 0 Å². The van der Waals surface area contributed by atoms with E-state index in [1.54, 1.807) is 0 Å². The van der Waals surface area contributed by atoms with Crippen LogP contribution in [-0.4, -0.2) is 19.2 Å². The summed E-state index contributed by atoms with van der Waals surface area (Å²) >= 11 is 0. The van der Waals surface area contributed by atoms with Gasteiger partial charge in [-0.2, -0.15) is 0 Å². The van der Waals surface area contributed by atoms with Crippen molar-refractivity contribution in [3.63, 3.8) is 0 Å². The quantitative estimate of drug-likeness (QED) is 0.334. The van der Waals surface area contributed by atoms with Crippen molar-refractivity contribution < 1.29 is 14.3 Å². The Balaban J connectivity index is 1.35. The van der Waals surface area contributed by atoms with Crippen LogP contribution >= 0.6 is 0 Å². The topological polar surface area (TPSA) is 35.5 Å². The van der Waals surface area contributed by atoms with Gasteiger partial charge in [-0.3, -0.25) is 4.79 Å². The molecule has 0 aliphatic heterocycles. The lowest BCUT2D eigenvalue weighted by atomic mass is 9.84. The molecule has 0 radical (unpaired) electrons. The SMILES string of the molecule is CCC(CCCC(C)(C)C(=O)OCCOC1Cc2ccccc21)c1ccccc1. The Morgan fingerprint density at radius 1 is 1.07 bits per heavy atom. The molecular formula is C26H34O3. The predicted octanol–water partition coefficient (Wildman–Crippen LogP) is 6.23. The van der Waals surface area contributed by atoms with Crippen LogP contribution in [0.1, 0.15) is 75.2 Å². The minimum atomic E-state index is -0.460. The molecule has 29 heavy (non-hydrogen) atoms. The van der Waals surface area contributed by atoms with E-state index in [1.165, 1.54) is 16.7 Å². The van der Waals surface area contributed by atoms with Crippen LogP contribution in [0.5, 0.6) is 0 Å². The molecule has 1 aliphatic rings. The molecule has 0 heterocycles. The van der Waals surface area contributed by atoms with Gasteiger partial charge < -0.3 is 9.47 Å². The zero-order chi connectivity index (χ0) is 20.7. The van der Waals surface area contributed by atoms with Gasteiger partial charge in [-0.1, -0.05) is 67.9 Å². The molecule has 2 aromatic carbocycles. The maximum Gasteiger partial charge on any atom is 0.311 e. The molecule has 0 amide bonds. The normalized spacial score (nSPS) is 16.6. The fraction of sp³-hybridized carbons (Fsp3) is 0.500. The molecule has 0 aromatic heterocycles. The molecule has 3 heteroatoms. The van der Waals surface area contributed by atoms with Gasteiger partial charge in [0, 0.05) is 6.42 Å². The number of esters is 1. The minimum absolute atomic E-state index is 0.122. The molecule has 0 bridgehead atoms. The van der Waals surface area contributed by atoms with Crippen LogP contribution in [0.4, 0.5) is 0 Å². The number of benzene rings is 2. The summed E-state index contributed by atoms with van der Waals surface area (Å²) in [4.78, 5) is 12.5. The molecule has 0 saturated carbocycles. The number of carbonyl (C=O) groups is 1. The average Bonchev–Trinajstić information content (AvgIpc) is 2.72. The summed E-state index contributed by atoms with van der Waals surface area (Å²) in [6, 6.07) is 19.0. The van der Waals surface area contributed by atoms with E-state index in [-0.39, 0.29) is 12.1 Å². The lowest BCUT2D eigenvalue weighted by Gasteiger charge is -2.30. The Labute approximate surface area is 175 Å². The summed E-state index contributed by atoms with van der Waals surface area (Å²) in [6.07, 6.45) is 5.19. The highest BCUT2D eigenvalue weighted by atomic mass is 16.6. The molecule has 0 saturated heterocycles. The van der Waals surface area contributed by atoms with Gasteiger partial charge in [-0.05, 0) is 55.7 Å². The first-order valence-corrected chi connectivity index (χ1v) is 10.9. The second kappa shape index (κ2) is 10.1. The Kier molecular flexibility index (Phi) is 7.49. The summed E-state index contributed by atoms with van der Waals surface area (Å²) < 4.78 is 11.4. The first-order valence-electron chi connectivity index (χ1n) is 10.9. The molecule has 0 spiro atoms. The van der Waals surface area contributed by atoms with Crippen LogP contribution in [0, 0.1) is 5.41 Å². The van der Waals surface area contributed by atoms with Crippen LogP contribution in [0.3, 0.4) is 0 Å². The zero-order valence-corrected chi connectivity index (χ0v) is 18.0. The summed E-state index contributed by atoms with van der Waals surface area (Å²) in [5.74, 6) is 0.435. The lowest BCUT2D eigenvalue weighted by Crippen LogP contribution is -2.28. The van der Waals surface area contributed by atoms with Crippen LogP contribution in [0.2, 0.25) is 0 Å². The number of rotatable bonds is 11. The third kappa shape index (κ3) is 5.70. The molecule has 0 fully saturated rings. The van der Waals surface area contributed by atoms with Crippen molar-refractivity contribution in [2.75, 3.05) is 13.2 Å². The number of carbonyl (C=O) groups excluding carboxylic acids is 1. The molecule has 2 atom stereocenters. The fourth-order valence-electron chi connectivity index (χ4n) is 4.11. The Morgan fingerprint density at radius 3 is 2.52 bits per heavy atom. The van der Waals surface area contributed by atoms with Crippen LogP contribution in [0.15, 0.2) is 54.6 Å². The van der Waals surface area contributed by atoms with E-state index in [9.17, 15) is 4.79 Å². The van der Waals surface area contributed by atoms with E-state index in [0.717, 1.165) is 32.1 Å². The van der Waals surface area contributed by atoms with Gasteiger partial charge in [0.15, 0.2) is 0 Å². The van der Waals surface area contributed by atoms with Gasteiger partial charge in [-0.15, -0.1) is 0 Å². The number of fused-ring (bicyclic) bond motifs is 1. The highest BCUT2D eigenvalue weighted by Crippen LogP contribution is 2.35. The van der Waals surface area contributed by atoms with Gasteiger partial charge in [-0.25, -0.2) is 0 Å². The van der Waals surface area contributed by atoms with Crippen molar-refractivity contribution in [3.05, 3.63) is 71.3 Å². The summed E-state index contributed by atoms with van der Waals surface area (Å²) in [7, 11) is 0. The van der Waals surface area contributed by atoms with E-state index in [4.69, 9.17) is 9.47 Å². The van der Waals surface area contributed by atoms with Crippen LogP contribution in [-0.2, 0) is 20.7 Å². The molecular weight excluding hydrogens is 360 g/mol. The molecule has 2 aromatic rings. The van der Waals surface area contributed by atoms with Crippen molar-refractivity contribution >= 4 is 5.97 Å². The first-order chi connectivity index (χ1) is 14.0. The summed E-state index contributed by atoms with van der Waals surface area (Å²) in [5, 5.41) is 0. The standard InChI is InChI=1S/C26H34O3/c1-4-20(21-11-6-5-7-12-21)14-10-16-26(2,3)25(27)29-18-17-28-24-19-22-13-8-9-15-23(22)24/h5-9,11-13,15,20,24H,4,10,14,16-19H2,1-3H3. The highest BCUT2D eigenvalue weighted by molar-refractivity contribution is 5.75.